The Balaban J connectivity index is 2.46. The fraction of sp³-hybridized carbons (Fsp3) is 0.818. The van der Waals surface area contributed by atoms with Crippen molar-refractivity contribution in [2.45, 2.75) is 39.7 Å². The molecule has 15 heavy (non-hydrogen) atoms. The van der Waals surface area contributed by atoms with Crippen LogP contribution in [-0.4, -0.2) is 28.4 Å². The molecule has 0 bridgehead atoms. The van der Waals surface area contributed by atoms with Crippen LogP contribution in [0.1, 0.15) is 39.1 Å². The zero-order valence-corrected chi connectivity index (χ0v) is 10.2. The summed E-state index contributed by atoms with van der Waals surface area (Å²) in [6.07, 6.45) is 3.82. The minimum absolute atomic E-state index is 0.405. The summed E-state index contributed by atoms with van der Waals surface area (Å²) < 4.78 is 2.01. The van der Waals surface area contributed by atoms with E-state index in [-0.39, 0.29) is 0 Å². The highest BCUT2D eigenvalue weighted by Crippen LogP contribution is 2.10. The van der Waals surface area contributed by atoms with E-state index in [9.17, 15) is 0 Å². The molecule has 0 aliphatic carbocycles. The van der Waals surface area contributed by atoms with E-state index >= 15 is 0 Å². The zero-order chi connectivity index (χ0) is 11.3. The molecule has 4 nitrogen and oxygen atoms in total. The Morgan fingerprint density at radius 2 is 2.13 bits per heavy atom. The predicted octanol–water partition coefficient (Wildman–Crippen LogP) is 1.65. The van der Waals surface area contributed by atoms with Gasteiger partial charge in [0, 0.05) is 12.5 Å². The SMILES string of the molecule is CNCC(C)CCc1ncnn1C(C)C. The number of nitrogens with one attached hydrogen (secondary N) is 1. The fourth-order valence-electron chi connectivity index (χ4n) is 1.71. The van der Waals surface area contributed by atoms with Crippen LogP contribution in [0.15, 0.2) is 6.33 Å². The zero-order valence-electron chi connectivity index (χ0n) is 10.2. The summed E-state index contributed by atoms with van der Waals surface area (Å²) in [7, 11) is 1.99. The predicted molar refractivity (Wildman–Crippen MR) is 61.8 cm³/mol. The Hall–Kier alpha value is -0.900. The Kier molecular flexibility index (Phi) is 4.75. The maximum absolute atomic E-state index is 4.30. The van der Waals surface area contributed by atoms with Gasteiger partial charge in [-0.2, -0.15) is 5.10 Å². The van der Waals surface area contributed by atoms with Crippen molar-refractivity contribution in [1.29, 1.82) is 0 Å². The van der Waals surface area contributed by atoms with E-state index in [1.807, 2.05) is 11.7 Å². The Labute approximate surface area is 92.1 Å². The monoisotopic (exact) mass is 210 g/mol. The van der Waals surface area contributed by atoms with Crippen molar-refractivity contribution >= 4 is 0 Å². The average Bonchev–Trinajstić information content (AvgIpc) is 2.63. The molecule has 0 radical (unpaired) electrons. The molecule has 1 aromatic rings. The van der Waals surface area contributed by atoms with Crippen molar-refractivity contribution in [3.8, 4) is 0 Å². The van der Waals surface area contributed by atoms with Gasteiger partial charge in [-0.25, -0.2) is 9.67 Å². The minimum Gasteiger partial charge on any atom is -0.319 e. The van der Waals surface area contributed by atoms with Crippen molar-refractivity contribution in [3.63, 3.8) is 0 Å². The van der Waals surface area contributed by atoms with Crippen LogP contribution >= 0.6 is 0 Å². The molecular formula is C11H22N4. The van der Waals surface area contributed by atoms with Gasteiger partial charge in [0.15, 0.2) is 0 Å². The van der Waals surface area contributed by atoms with E-state index in [0.29, 0.717) is 12.0 Å². The molecule has 1 unspecified atom stereocenters. The standard InChI is InChI=1S/C11H22N4/c1-9(2)15-11(13-8-14-15)6-5-10(3)7-12-4/h8-10,12H,5-7H2,1-4H3. The smallest absolute Gasteiger partial charge is 0.138 e. The fourth-order valence-corrected chi connectivity index (χ4v) is 1.71. The maximum atomic E-state index is 4.30. The van der Waals surface area contributed by atoms with Crippen LogP contribution in [-0.2, 0) is 6.42 Å². The largest absolute Gasteiger partial charge is 0.319 e. The minimum atomic E-state index is 0.405. The summed E-state index contributed by atoms with van der Waals surface area (Å²) in [6.45, 7) is 7.59. The summed E-state index contributed by atoms with van der Waals surface area (Å²) in [4.78, 5) is 4.30. The molecule has 1 atom stereocenters. The number of aryl methyl sites for hydroxylation is 1. The summed E-state index contributed by atoms with van der Waals surface area (Å²) >= 11 is 0. The number of hydrogen-bond donors (Lipinski definition) is 1. The van der Waals surface area contributed by atoms with Crippen molar-refractivity contribution in [1.82, 2.24) is 20.1 Å². The van der Waals surface area contributed by atoms with Crippen LogP contribution in [0.5, 0.6) is 0 Å². The summed E-state index contributed by atoms with van der Waals surface area (Å²) in [5.41, 5.74) is 0. The second-order valence-electron chi connectivity index (χ2n) is 4.42. The molecule has 1 heterocycles. The number of nitrogens with zero attached hydrogens (tertiary/aromatic N) is 3. The van der Waals surface area contributed by atoms with Crippen molar-refractivity contribution in [2.24, 2.45) is 5.92 Å². The van der Waals surface area contributed by atoms with Crippen LogP contribution in [0.2, 0.25) is 0 Å². The van der Waals surface area contributed by atoms with Crippen molar-refractivity contribution < 1.29 is 0 Å². The van der Waals surface area contributed by atoms with E-state index in [1.165, 1.54) is 0 Å². The van der Waals surface area contributed by atoms with E-state index in [1.54, 1.807) is 6.33 Å². The first-order chi connectivity index (χ1) is 7.15. The van der Waals surface area contributed by atoms with Gasteiger partial charge in [-0.1, -0.05) is 6.92 Å². The van der Waals surface area contributed by atoms with Gasteiger partial charge in [-0.05, 0) is 39.8 Å². The van der Waals surface area contributed by atoms with Crippen molar-refractivity contribution in [2.75, 3.05) is 13.6 Å². The first kappa shape index (κ1) is 12.2. The maximum Gasteiger partial charge on any atom is 0.138 e. The van der Waals surface area contributed by atoms with Gasteiger partial charge in [-0.15, -0.1) is 0 Å². The lowest BCUT2D eigenvalue weighted by molar-refractivity contribution is 0.463. The Bertz CT molecular complexity index is 280. The van der Waals surface area contributed by atoms with E-state index in [0.717, 1.165) is 25.2 Å². The Morgan fingerprint density at radius 3 is 2.73 bits per heavy atom. The molecule has 0 aliphatic heterocycles. The molecule has 0 fully saturated rings. The molecule has 0 aromatic carbocycles. The van der Waals surface area contributed by atoms with E-state index in [2.05, 4.69) is 36.2 Å². The molecular weight excluding hydrogens is 188 g/mol. The number of hydrogen-bond acceptors (Lipinski definition) is 3. The van der Waals surface area contributed by atoms with Gasteiger partial charge >= 0.3 is 0 Å². The topological polar surface area (TPSA) is 42.7 Å². The second-order valence-corrected chi connectivity index (χ2v) is 4.42. The first-order valence-electron chi connectivity index (χ1n) is 5.68. The van der Waals surface area contributed by atoms with E-state index < -0.39 is 0 Å². The molecule has 0 saturated carbocycles. The average molecular weight is 210 g/mol. The highest BCUT2D eigenvalue weighted by Gasteiger charge is 2.09. The second kappa shape index (κ2) is 5.85. The summed E-state index contributed by atoms with van der Waals surface area (Å²) in [5.74, 6) is 1.79. The van der Waals surface area contributed by atoms with Gasteiger partial charge in [0.25, 0.3) is 0 Å². The quantitative estimate of drug-likeness (QED) is 0.776. The number of aromatic nitrogens is 3. The molecule has 0 saturated heterocycles. The molecule has 1 aromatic heterocycles. The summed E-state index contributed by atoms with van der Waals surface area (Å²) in [5, 5.41) is 7.42. The van der Waals surface area contributed by atoms with Gasteiger partial charge in [0.05, 0.1) is 0 Å². The number of rotatable bonds is 6. The molecule has 86 valence electrons. The third-order valence-corrected chi connectivity index (χ3v) is 2.55. The van der Waals surface area contributed by atoms with Crippen LogP contribution in [0.3, 0.4) is 0 Å². The van der Waals surface area contributed by atoms with Gasteiger partial charge in [0.1, 0.15) is 12.2 Å². The van der Waals surface area contributed by atoms with Gasteiger partial charge in [-0.3, -0.25) is 0 Å². The third-order valence-electron chi connectivity index (χ3n) is 2.55. The lowest BCUT2D eigenvalue weighted by Gasteiger charge is -2.12. The van der Waals surface area contributed by atoms with Crippen LogP contribution in [0.4, 0.5) is 0 Å². The lowest BCUT2D eigenvalue weighted by atomic mass is 10.1. The van der Waals surface area contributed by atoms with Crippen LogP contribution in [0.25, 0.3) is 0 Å². The molecule has 1 N–H and O–H groups in total. The third kappa shape index (κ3) is 3.63. The van der Waals surface area contributed by atoms with Crippen LogP contribution in [0, 0.1) is 5.92 Å². The lowest BCUT2D eigenvalue weighted by Crippen LogP contribution is -2.17. The van der Waals surface area contributed by atoms with Gasteiger partial charge < -0.3 is 5.32 Å². The van der Waals surface area contributed by atoms with Crippen molar-refractivity contribution in [3.05, 3.63) is 12.2 Å². The molecule has 0 aliphatic rings. The Morgan fingerprint density at radius 1 is 1.40 bits per heavy atom. The summed E-state index contributed by atoms with van der Waals surface area (Å²) in [6, 6.07) is 0.405. The highest BCUT2D eigenvalue weighted by molar-refractivity contribution is 4.87. The van der Waals surface area contributed by atoms with Crippen LogP contribution < -0.4 is 5.32 Å². The normalized spacial score (nSPS) is 13.4. The molecule has 4 heteroatoms. The van der Waals surface area contributed by atoms with E-state index in [4.69, 9.17) is 0 Å². The van der Waals surface area contributed by atoms with Gasteiger partial charge in [0.2, 0.25) is 0 Å². The highest BCUT2D eigenvalue weighted by atomic mass is 15.3. The molecule has 0 spiro atoms. The molecule has 1 rings (SSSR count). The molecule has 0 amide bonds. The first-order valence-corrected chi connectivity index (χ1v) is 5.68.